The highest BCUT2D eigenvalue weighted by Crippen LogP contribution is 2.32. The van der Waals surface area contributed by atoms with Crippen molar-refractivity contribution in [2.75, 3.05) is 26.2 Å². The molecule has 1 aliphatic heterocycles. The predicted octanol–water partition coefficient (Wildman–Crippen LogP) is 0.866. The van der Waals surface area contributed by atoms with E-state index in [0.717, 1.165) is 25.7 Å². The molecular weight excluding hydrogens is 258 g/mol. The maximum Gasteiger partial charge on any atom is 0.315 e. The first-order valence-corrected chi connectivity index (χ1v) is 7.54. The van der Waals surface area contributed by atoms with Crippen molar-refractivity contribution in [1.82, 2.24) is 15.5 Å². The van der Waals surface area contributed by atoms with Crippen LogP contribution in [0.5, 0.6) is 0 Å². The topological polar surface area (TPSA) is 70.7 Å². The van der Waals surface area contributed by atoms with E-state index in [-0.39, 0.29) is 18.0 Å². The van der Waals surface area contributed by atoms with Crippen LogP contribution in [0.25, 0.3) is 0 Å². The number of nitrogens with zero attached hydrogens (tertiary/aromatic N) is 1. The average molecular weight is 283 g/mol. The third-order valence-electron chi connectivity index (χ3n) is 4.08. The molecule has 0 radical (unpaired) electrons. The number of amides is 3. The Morgan fingerprint density at radius 2 is 2.05 bits per heavy atom. The first-order valence-electron chi connectivity index (χ1n) is 7.54. The number of carbonyl (C=O) groups is 2. The van der Waals surface area contributed by atoms with Crippen LogP contribution in [0.3, 0.4) is 0 Å². The second-order valence-electron chi connectivity index (χ2n) is 5.71. The zero-order valence-corrected chi connectivity index (χ0v) is 12.4. The molecule has 2 aliphatic rings. The summed E-state index contributed by atoms with van der Waals surface area (Å²) in [4.78, 5) is 26.5. The maximum absolute atomic E-state index is 12.8. The number of hydrogen-bond acceptors (Lipinski definition) is 3. The van der Waals surface area contributed by atoms with Crippen LogP contribution in [0, 0.1) is 0 Å². The summed E-state index contributed by atoms with van der Waals surface area (Å²) in [5.41, 5.74) is -0.712. The zero-order chi connectivity index (χ0) is 14.6. The number of carbonyl (C=O) groups excluding carboxylic acids is 2. The van der Waals surface area contributed by atoms with Crippen molar-refractivity contribution in [2.45, 2.75) is 51.2 Å². The lowest BCUT2D eigenvalue weighted by molar-refractivity contribution is -0.144. The largest absolute Gasteiger partial charge is 0.375 e. The third-order valence-corrected chi connectivity index (χ3v) is 4.08. The lowest BCUT2D eigenvalue weighted by Crippen LogP contribution is -2.62. The number of urea groups is 1. The Hall–Kier alpha value is -1.30. The normalized spacial score (nSPS) is 25.3. The summed E-state index contributed by atoms with van der Waals surface area (Å²) in [6.45, 7) is 6.19. The van der Waals surface area contributed by atoms with E-state index < -0.39 is 5.54 Å². The minimum atomic E-state index is -0.712. The zero-order valence-electron chi connectivity index (χ0n) is 12.4. The predicted molar refractivity (Wildman–Crippen MR) is 75.4 cm³/mol. The summed E-state index contributed by atoms with van der Waals surface area (Å²) in [7, 11) is 0. The average Bonchev–Trinajstić information content (AvgIpc) is 2.87. The van der Waals surface area contributed by atoms with E-state index in [1.165, 1.54) is 0 Å². The molecule has 2 N–H and O–H groups in total. The Labute approximate surface area is 120 Å². The maximum atomic E-state index is 12.8. The first-order chi connectivity index (χ1) is 9.57. The van der Waals surface area contributed by atoms with Gasteiger partial charge in [-0.1, -0.05) is 12.8 Å². The molecule has 114 valence electrons. The summed E-state index contributed by atoms with van der Waals surface area (Å²) < 4.78 is 5.48. The molecule has 0 bridgehead atoms. The van der Waals surface area contributed by atoms with Gasteiger partial charge in [-0.05, 0) is 26.7 Å². The van der Waals surface area contributed by atoms with E-state index >= 15 is 0 Å². The molecule has 6 nitrogen and oxygen atoms in total. The van der Waals surface area contributed by atoms with Crippen molar-refractivity contribution < 1.29 is 14.3 Å². The number of hydrogen-bond donors (Lipinski definition) is 2. The Balaban J connectivity index is 2.06. The van der Waals surface area contributed by atoms with Gasteiger partial charge < -0.3 is 20.3 Å². The lowest BCUT2D eigenvalue weighted by atomic mass is 9.95. The van der Waals surface area contributed by atoms with Crippen molar-refractivity contribution in [3.63, 3.8) is 0 Å². The summed E-state index contributed by atoms with van der Waals surface area (Å²) in [6, 6.07) is -0.246. The highest BCUT2D eigenvalue weighted by atomic mass is 16.5. The Bertz CT molecular complexity index is 367. The highest BCUT2D eigenvalue weighted by molar-refractivity contribution is 5.91. The van der Waals surface area contributed by atoms with Crippen LogP contribution in [0.15, 0.2) is 0 Å². The fourth-order valence-corrected chi connectivity index (χ4v) is 3.10. The van der Waals surface area contributed by atoms with Crippen LogP contribution in [0.2, 0.25) is 0 Å². The molecule has 20 heavy (non-hydrogen) atoms. The molecule has 1 heterocycles. The second-order valence-corrected chi connectivity index (χ2v) is 5.71. The third kappa shape index (κ3) is 3.23. The molecule has 1 unspecified atom stereocenters. The van der Waals surface area contributed by atoms with Crippen molar-refractivity contribution in [3.05, 3.63) is 0 Å². The van der Waals surface area contributed by atoms with Crippen molar-refractivity contribution in [2.24, 2.45) is 0 Å². The molecule has 1 saturated carbocycles. The molecule has 6 heteroatoms. The van der Waals surface area contributed by atoms with Gasteiger partial charge in [0, 0.05) is 19.6 Å². The second kappa shape index (κ2) is 6.43. The lowest BCUT2D eigenvalue weighted by Gasteiger charge is -2.38. The van der Waals surface area contributed by atoms with E-state index in [1.807, 2.05) is 18.7 Å². The SMILES string of the molecule is CCNC(=O)NC1(C(=O)N2CCOC(C)C2)CCCC1. The van der Waals surface area contributed by atoms with E-state index in [0.29, 0.717) is 26.2 Å². The van der Waals surface area contributed by atoms with Crippen LogP contribution in [-0.4, -0.2) is 54.7 Å². The van der Waals surface area contributed by atoms with Gasteiger partial charge in [0.1, 0.15) is 5.54 Å². The van der Waals surface area contributed by atoms with Gasteiger partial charge in [0.05, 0.1) is 12.7 Å². The first kappa shape index (κ1) is 15.1. The Morgan fingerprint density at radius 3 is 2.65 bits per heavy atom. The minimum absolute atomic E-state index is 0.0522. The number of rotatable bonds is 3. The van der Waals surface area contributed by atoms with Crippen LogP contribution < -0.4 is 10.6 Å². The van der Waals surface area contributed by atoms with Gasteiger partial charge >= 0.3 is 6.03 Å². The van der Waals surface area contributed by atoms with E-state index in [1.54, 1.807) is 0 Å². The highest BCUT2D eigenvalue weighted by Gasteiger charge is 2.45. The van der Waals surface area contributed by atoms with Crippen LogP contribution in [-0.2, 0) is 9.53 Å². The Kier molecular flexibility index (Phi) is 4.86. The molecule has 1 saturated heterocycles. The molecule has 0 aromatic rings. The quantitative estimate of drug-likeness (QED) is 0.807. The van der Waals surface area contributed by atoms with Crippen molar-refractivity contribution in [1.29, 1.82) is 0 Å². The van der Waals surface area contributed by atoms with Crippen LogP contribution in [0.1, 0.15) is 39.5 Å². The number of ether oxygens (including phenoxy) is 1. The van der Waals surface area contributed by atoms with Gasteiger partial charge in [-0.25, -0.2) is 4.79 Å². The van der Waals surface area contributed by atoms with E-state index in [4.69, 9.17) is 4.74 Å². The van der Waals surface area contributed by atoms with Gasteiger partial charge in [-0.3, -0.25) is 4.79 Å². The summed E-state index contributed by atoms with van der Waals surface area (Å²) in [6.07, 6.45) is 3.50. The Morgan fingerprint density at radius 1 is 1.35 bits per heavy atom. The summed E-state index contributed by atoms with van der Waals surface area (Å²) in [5.74, 6) is 0.0522. The standard InChI is InChI=1S/C14H25N3O3/c1-3-15-13(19)16-14(6-4-5-7-14)12(18)17-8-9-20-11(2)10-17/h11H,3-10H2,1-2H3,(H2,15,16,19). The molecular formula is C14H25N3O3. The molecule has 0 aromatic heterocycles. The van der Waals surface area contributed by atoms with Gasteiger partial charge in [-0.2, -0.15) is 0 Å². The molecule has 0 spiro atoms. The van der Waals surface area contributed by atoms with E-state index in [9.17, 15) is 9.59 Å². The minimum Gasteiger partial charge on any atom is -0.375 e. The molecule has 1 aliphatic carbocycles. The van der Waals surface area contributed by atoms with Gasteiger partial charge in [0.15, 0.2) is 0 Å². The van der Waals surface area contributed by atoms with Gasteiger partial charge in [0.25, 0.3) is 0 Å². The molecule has 2 fully saturated rings. The summed E-state index contributed by atoms with van der Waals surface area (Å²) in [5, 5.41) is 5.64. The fraction of sp³-hybridized carbons (Fsp3) is 0.857. The van der Waals surface area contributed by atoms with Gasteiger partial charge in [0.2, 0.25) is 5.91 Å². The molecule has 1 atom stereocenters. The molecule has 2 rings (SSSR count). The smallest absolute Gasteiger partial charge is 0.315 e. The fourth-order valence-electron chi connectivity index (χ4n) is 3.10. The summed E-state index contributed by atoms with van der Waals surface area (Å²) >= 11 is 0. The van der Waals surface area contributed by atoms with Crippen LogP contribution in [0.4, 0.5) is 4.79 Å². The van der Waals surface area contributed by atoms with Crippen molar-refractivity contribution >= 4 is 11.9 Å². The number of morpholine rings is 1. The molecule has 3 amide bonds. The van der Waals surface area contributed by atoms with E-state index in [2.05, 4.69) is 10.6 Å². The number of nitrogens with one attached hydrogen (secondary N) is 2. The van der Waals surface area contributed by atoms with Crippen molar-refractivity contribution in [3.8, 4) is 0 Å². The van der Waals surface area contributed by atoms with Crippen LogP contribution >= 0.6 is 0 Å². The monoisotopic (exact) mass is 283 g/mol. The van der Waals surface area contributed by atoms with Gasteiger partial charge in [-0.15, -0.1) is 0 Å². The molecule has 0 aromatic carbocycles.